The first-order valence-electron chi connectivity index (χ1n) is 9.38. The normalized spacial score (nSPS) is 11.6. The number of hydrogen-bond acceptors (Lipinski definition) is 5. The Morgan fingerprint density at radius 1 is 1.12 bits per heavy atom. The van der Waals surface area contributed by atoms with Crippen molar-refractivity contribution in [1.29, 1.82) is 0 Å². The molecule has 0 fully saturated rings. The van der Waals surface area contributed by atoms with Crippen LogP contribution in [0.25, 0.3) is 0 Å². The van der Waals surface area contributed by atoms with E-state index in [-0.39, 0.29) is 17.2 Å². The molecule has 1 heterocycles. The van der Waals surface area contributed by atoms with Crippen molar-refractivity contribution in [3.8, 4) is 5.88 Å². The van der Waals surface area contributed by atoms with Crippen molar-refractivity contribution in [2.24, 2.45) is 5.10 Å². The highest BCUT2D eigenvalue weighted by atomic mass is 16.3. The molecule has 0 radical (unpaired) electrons. The van der Waals surface area contributed by atoms with Gasteiger partial charge in [-0.3, -0.25) is 19.1 Å². The number of aromatic hydroxyl groups is 1. The molecule has 0 saturated carbocycles. The second-order valence-electron chi connectivity index (χ2n) is 6.22. The first kappa shape index (κ1) is 21.7. The number of nitrogens with one attached hydrogen (secondary N) is 2. The molecule has 0 aromatic carbocycles. The quantitative estimate of drug-likeness (QED) is 0.316. The SMILES string of the molecule is CCCCCCC(=O)N/N=C(/CC)c1c(O)n(CCCC)c(=O)[nH]c1=O. The smallest absolute Gasteiger partial charge is 0.331 e. The Labute approximate surface area is 153 Å². The van der Waals surface area contributed by atoms with E-state index >= 15 is 0 Å². The fraction of sp³-hybridized carbons (Fsp3) is 0.667. The van der Waals surface area contributed by atoms with E-state index in [0.29, 0.717) is 25.8 Å². The fourth-order valence-electron chi connectivity index (χ4n) is 2.55. The van der Waals surface area contributed by atoms with Crippen LogP contribution in [0.1, 0.15) is 77.7 Å². The van der Waals surface area contributed by atoms with Gasteiger partial charge in [0, 0.05) is 13.0 Å². The summed E-state index contributed by atoms with van der Waals surface area (Å²) < 4.78 is 1.12. The van der Waals surface area contributed by atoms with Gasteiger partial charge in [0.15, 0.2) is 0 Å². The van der Waals surface area contributed by atoms with Crippen molar-refractivity contribution >= 4 is 11.6 Å². The van der Waals surface area contributed by atoms with Gasteiger partial charge in [0.25, 0.3) is 5.56 Å². The molecule has 3 N–H and O–H groups in total. The van der Waals surface area contributed by atoms with Crippen LogP contribution in [-0.2, 0) is 11.3 Å². The molecule has 0 aliphatic heterocycles. The molecule has 0 spiro atoms. The average molecular weight is 366 g/mol. The van der Waals surface area contributed by atoms with Crippen molar-refractivity contribution in [2.75, 3.05) is 0 Å². The second kappa shape index (κ2) is 11.3. The standard InChI is InChI=1S/C18H30N4O4/c1-4-7-9-10-11-14(23)21-20-13(6-3)15-16(24)19-18(26)22(17(15)25)12-8-5-2/h25H,4-12H2,1-3H3,(H,21,23)(H,19,24,26)/b20-13-. The van der Waals surface area contributed by atoms with E-state index in [1.807, 2.05) is 6.92 Å². The number of aromatic nitrogens is 2. The molecule has 0 unspecified atom stereocenters. The Balaban J connectivity index is 3.00. The Morgan fingerprint density at radius 2 is 1.81 bits per heavy atom. The van der Waals surface area contributed by atoms with Gasteiger partial charge >= 0.3 is 5.69 Å². The molecule has 0 aliphatic rings. The van der Waals surface area contributed by atoms with Gasteiger partial charge in [0.05, 0.1) is 5.71 Å². The van der Waals surface area contributed by atoms with E-state index in [0.717, 1.165) is 36.7 Å². The van der Waals surface area contributed by atoms with Gasteiger partial charge < -0.3 is 5.11 Å². The highest BCUT2D eigenvalue weighted by molar-refractivity contribution is 6.02. The fourth-order valence-corrected chi connectivity index (χ4v) is 2.55. The number of carbonyl (C=O) groups excluding carboxylic acids is 1. The first-order chi connectivity index (χ1) is 12.5. The maximum Gasteiger partial charge on any atom is 0.331 e. The molecule has 0 bridgehead atoms. The van der Waals surface area contributed by atoms with Crippen LogP contribution in [0, 0.1) is 0 Å². The van der Waals surface area contributed by atoms with Crippen molar-refractivity contribution in [3.05, 3.63) is 26.4 Å². The number of hydrazone groups is 1. The van der Waals surface area contributed by atoms with Gasteiger partial charge in [0.2, 0.25) is 11.8 Å². The van der Waals surface area contributed by atoms with E-state index in [1.165, 1.54) is 0 Å². The highest BCUT2D eigenvalue weighted by Gasteiger charge is 2.18. The predicted octanol–water partition coefficient (Wildman–Crippen LogP) is 2.24. The molecule has 1 amide bonds. The molecule has 1 rings (SSSR count). The zero-order chi connectivity index (χ0) is 19.5. The van der Waals surface area contributed by atoms with E-state index in [1.54, 1.807) is 6.92 Å². The largest absolute Gasteiger partial charge is 0.494 e. The van der Waals surface area contributed by atoms with Crippen molar-refractivity contribution < 1.29 is 9.90 Å². The summed E-state index contributed by atoms with van der Waals surface area (Å²) in [5.74, 6) is -0.646. The number of unbranched alkanes of at least 4 members (excludes halogenated alkanes) is 4. The Morgan fingerprint density at radius 3 is 2.42 bits per heavy atom. The van der Waals surface area contributed by atoms with Crippen LogP contribution in [0.2, 0.25) is 0 Å². The summed E-state index contributed by atoms with van der Waals surface area (Å²) in [7, 11) is 0. The van der Waals surface area contributed by atoms with Crippen LogP contribution in [0.5, 0.6) is 5.88 Å². The van der Waals surface area contributed by atoms with Gasteiger partial charge in [0.1, 0.15) is 5.56 Å². The zero-order valence-electron chi connectivity index (χ0n) is 15.9. The Hall–Kier alpha value is -2.38. The lowest BCUT2D eigenvalue weighted by molar-refractivity contribution is -0.121. The maximum atomic E-state index is 12.2. The van der Waals surface area contributed by atoms with Crippen LogP contribution in [0.3, 0.4) is 0 Å². The van der Waals surface area contributed by atoms with E-state index in [9.17, 15) is 19.5 Å². The summed E-state index contributed by atoms with van der Waals surface area (Å²) in [6, 6.07) is 0. The minimum atomic E-state index is -0.710. The number of H-pyrrole nitrogens is 1. The molecule has 1 aromatic heterocycles. The minimum absolute atomic E-state index is 0.0745. The molecule has 8 heteroatoms. The number of aromatic amines is 1. The molecule has 0 atom stereocenters. The van der Waals surface area contributed by atoms with E-state index in [2.05, 4.69) is 22.4 Å². The molecule has 8 nitrogen and oxygen atoms in total. The monoisotopic (exact) mass is 366 g/mol. The number of rotatable bonds is 11. The zero-order valence-corrected chi connectivity index (χ0v) is 15.9. The third-order valence-corrected chi connectivity index (χ3v) is 4.10. The molecule has 26 heavy (non-hydrogen) atoms. The summed E-state index contributed by atoms with van der Waals surface area (Å²) in [6.45, 7) is 6.11. The number of nitrogens with zero attached hydrogens (tertiary/aromatic N) is 2. The predicted molar refractivity (Wildman–Crippen MR) is 102 cm³/mol. The third kappa shape index (κ3) is 6.16. The van der Waals surface area contributed by atoms with Crippen LogP contribution >= 0.6 is 0 Å². The second-order valence-corrected chi connectivity index (χ2v) is 6.22. The van der Waals surface area contributed by atoms with Crippen LogP contribution in [-0.4, -0.2) is 26.3 Å². The lowest BCUT2D eigenvalue weighted by Crippen LogP contribution is -2.34. The summed E-state index contributed by atoms with van der Waals surface area (Å²) in [6.07, 6.45) is 6.14. The Kier molecular flexibility index (Phi) is 9.40. The lowest BCUT2D eigenvalue weighted by Gasteiger charge is -2.12. The van der Waals surface area contributed by atoms with Gasteiger partial charge in [-0.2, -0.15) is 5.10 Å². The van der Waals surface area contributed by atoms with Crippen molar-refractivity contribution in [2.45, 2.75) is 78.7 Å². The molecular weight excluding hydrogens is 336 g/mol. The molecule has 0 aliphatic carbocycles. The minimum Gasteiger partial charge on any atom is -0.494 e. The lowest BCUT2D eigenvalue weighted by atomic mass is 10.1. The van der Waals surface area contributed by atoms with Crippen LogP contribution in [0.4, 0.5) is 0 Å². The summed E-state index contributed by atoms with van der Waals surface area (Å²) in [4.78, 5) is 38.1. The molecule has 0 saturated heterocycles. The first-order valence-corrected chi connectivity index (χ1v) is 9.38. The van der Waals surface area contributed by atoms with Gasteiger partial charge in [-0.15, -0.1) is 0 Å². The van der Waals surface area contributed by atoms with Gasteiger partial charge in [-0.1, -0.05) is 46.5 Å². The van der Waals surface area contributed by atoms with E-state index in [4.69, 9.17) is 0 Å². The summed E-state index contributed by atoms with van der Waals surface area (Å²) in [5.41, 5.74) is 1.23. The van der Waals surface area contributed by atoms with Crippen molar-refractivity contribution in [3.63, 3.8) is 0 Å². The maximum absolute atomic E-state index is 12.2. The van der Waals surface area contributed by atoms with Gasteiger partial charge in [-0.05, 0) is 19.3 Å². The summed E-state index contributed by atoms with van der Waals surface area (Å²) >= 11 is 0. The van der Waals surface area contributed by atoms with E-state index < -0.39 is 17.1 Å². The topological polar surface area (TPSA) is 117 Å². The Bertz CT molecular complexity index is 734. The van der Waals surface area contributed by atoms with Crippen LogP contribution < -0.4 is 16.7 Å². The van der Waals surface area contributed by atoms with Crippen LogP contribution in [0.15, 0.2) is 14.7 Å². The number of amides is 1. The molecular formula is C18H30N4O4. The molecule has 1 aromatic rings. The summed E-state index contributed by atoms with van der Waals surface area (Å²) in [5, 5.41) is 14.4. The average Bonchev–Trinajstić information content (AvgIpc) is 2.61. The number of hydrogen-bond donors (Lipinski definition) is 3. The number of carbonyl (C=O) groups is 1. The van der Waals surface area contributed by atoms with Gasteiger partial charge in [-0.25, -0.2) is 10.2 Å². The highest BCUT2D eigenvalue weighted by Crippen LogP contribution is 2.14. The van der Waals surface area contributed by atoms with Crippen molar-refractivity contribution in [1.82, 2.24) is 15.0 Å². The third-order valence-electron chi connectivity index (χ3n) is 4.10. The molecule has 146 valence electrons.